The molecule has 0 bridgehead atoms. The third kappa shape index (κ3) is 2.04. The normalized spacial score (nSPS) is 13.6. The molecule has 0 rings (SSSR count). The molecule has 0 aliphatic rings. The van der Waals surface area contributed by atoms with E-state index in [0.29, 0.717) is 0 Å². The second-order valence-electron chi connectivity index (χ2n) is 3.76. The molecule has 2 nitrogen and oxygen atoms in total. The van der Waals surface area contributed by atoms with E-state index in [1.807, 2.05) is 0 Å². The van der Waals surface area contributed by atoms with Crippen LogP contribution in [0.5, 0.6) is 0 Å². The van der Waals surface area contributed by atoms with Crippen LogP contribution in [0, 0.1) is 0 Å². The summed E-state index contributed by atoms with van der Waals surface area (Å²) in [6.07, 6.45) is 0. The molecule has 0 saturated heterocycles. The quantitative estimate of drug-likeness (QED) is 0.615. The van der Waals surface area contributed by atoms with Crippen molar-refractivity contribution in [1.29, 1.82) is 0 Å². The molecule has 0 unspecified atom stereocenters. The van der Waals surface area contributed by atoms with Crippen LogP contribution in [-0.4, -0.2) is 22.8 Å². The molecule has 0 radical (unpaired) electrons. The van der Waals surface area contributed by atoms with Crippen LogP contribution >= 0.6 is 0 Å². The third-order valence-corrected chi connectivity index (χ3v) is 6.80. The SMILES string of the molecule is CC[Si](OC)(OC)C(C)(C)C. The average Bonchev–Trinajstić information content (AvgIpc) is 1.90. The molecule has 0 aliphatic carbocycles. The summed E-state index contributed by atoms with van der Waals surface area (Å²) in [7, 11) is 1.59. The van der Waals surface area contributed by atoms with Gasteiger partial charge in [-0.25, -0.2) is 0 Å². The van der Waals surface area contributed by atoms with Gasteiger partial charge in [0.15, 0.2) is 0 Å². The Balaban J connectivity index is 4.54. The lowest BCUT2D eigenvalue weighted by Gasteiger charge is -2.37. The summed E-state index contributed by atoms with van der Waals surface area (Å²) in [5.74, 6) is 0. The van der Waals surface area contributed by atoms with Gasteiger partial charge in [-0.05, 0) is 6.04 Å². The largest absolute Gasteiger partial charge is 0.397 e. The van der Waals surface area contributed by atoms with E-state index < -0.39 is 8.56 Å². The number of rotatable bonds is 3. The van der Waals surface area contributed by atoms with Crippen molar-refractivity contribution in [2.45, 2.75) is 38.8 Å². The van der Waals surface area contributed by atoms with Crippen LogP contribution in [-0.2, 0) is 8.85 Å². The summed E-state index contributed by atoms with van der Waals surface area (Å²) in [6.45, 7) is 8.66. The van der Waals surface area contributed by atoms with Crippen LogP contribution in [0.3, 0.4) is 0 Å². The predicted molar refractivity (Wildman–Crippen MR) is 50.0 cm³/mol. The molecule has 3 heteroatoms. The van der Waals surface area contributed by atoms with Gasteiger partial charge in [-0.2, -0.15) is 0 Å². The van der Waals surface area contributed by atoms with Crippen molar-refractivity contribution in [2.24, 2.45) is 0 Å². The van der Waals surface area contributed by atoms with Gasteiger partial charge in [-0.3, -0.25) is 0 Å². The smallest absolute Gasteiger partial charge is 0.342 e. The monoisotopic (exact) mass is 176 g/mol. The zero-order valence-corrected chi connectivity index (χ0v) is 9.52. The molecule has 0 aromatic carbocycles. The first-order valence-corrected chi connectivity index (χ1v) is 6.06. The highest BCUT2D eigenvalue weighted by Crippen LogP contribution is 2.39. The van der Waals surface area contributed by atoms with Crippen LogP contribution in [0.25, 0.3) is 0 Å². The fourth-order valence-corrected chi connectivity index (χ4v) is 4.54. The van der Waals surface area contributed by atoms with E-state index in [1.54, 1.807) is 14.2 Å². The Hall–Kier alpha value is 0.137. The molecule has 0 saturated carbocycles. The fraction of sp³-hybridized carbons (Fsp3) is 1.00. The van der Waals surface area contributed by atoms with Crippen molar-refractivity contribution in [3.63, 3.8) is 0 Å². The Kier molecular flexibility index (Phi) is 3.74. The van der Waals surface area contributed by atoms with Crippen LogP contribution < -0.4 is 0 Å². The predicted octanol–water partition coefficient (Wildman–Crippen LogP) is 2.54. The molecule has 68 valence electrons. The maximum Gasteiger partial charge on any atom is 0.342 e. The Morgan fingerprint density at radius 2 is 1.45 bits per heavy atom. The Morgan fingerprint density at radius 3 is 1.45 bits per heavy atom. The Morgan fingerprint density at radius 1 is 1.09 bits per heavy atom. The van der Waals surface area contributed by atoms with E-state index in [-0.39, 0.29) is 5.04 Å². The summed E-state index contributed by atoms with van der Waals surface area (Å²) in [4.78, 5) is 0. The molecule has 0 atom stereocenters. The van der Waals surface area contributed by atoms with Crippen molar-refractivity contribution < 1.29 is 8.85 Å². The second-order valence-corrected chi connectivity index (χ2v) is 8.29. The van der Waals surface area contributed by atoms with Crippen LogP contribution in [0.1, 0.15) is 27.7 Å². The minimum atomic E-state index is -1.92. The molecular weight excluding hydrogens is 156 g/mol. The maximum absolute atomic E-state index is 5.52. The molecule has 0 N–H and O–H groups in total. The topological polar surface area (TPSA) is 18.5 Å². The van der Waals surface area contributed by atoms with Gasteiger partial charge >= 0.3 is 8.56 Å². The Labute approximate surface area is 71.1 Å². The highest BCUT2D eigenvalue weighted by Gasteiger charge is 2.45. The molecule has 0 amide bonds. The van der Waals surface area contributed by atoms with Gasteiger partial charge in [0, 0.05) is 19.3 Å². The lowest BCUT2D eigenvalue weighted by atomic mass is 10.2. The van der Waals surface area contributed by atoms with Crippen molar-refractivity contribution in [3.05, 3.63) is 0 Å². The van der Waals surface area contributed by atoms with E-state index >= 15 is 0 Å². The lowest BCUT2D eigenvalue weighted by molar-refractivity contribution is 0.215. The number of hydrogen-bond donors (Lipinski definition) is 0. The highest BCUT2D eigenvalue weighted by molar-refractivity contribution is 6.70. The maximum atomic E-state index is 5.52. The van der Waals surface area contributed by atoms with Gasteiger partial charge in [-0.1, -0.05) is 27.7 Å². The van der Waals surface area contributed by atoms with Gasteiger partial charge in [0.05, 0.1) is 0 Å². The molecular formula is C8H20O2Si. The van der Waals surface area contributed by atoms with E-state index in [4.69, 9.17) is 8.85 Å². The van der Waals surface area contributed by atoms with Crippen LogP contribution in [0.2, 0.25) is 11.1 Å². The van der Waals surface area contributed by atoms with Crippen molar-refractivity contribution in [3.8, 4) is 0 Å². The molecule has 0 heterocycles. The molecule has 0 aliphatic heterocycles. The van der Waals surface area contributed by atoms with Gasteiger partial charge in [0.25, 0.3) is 0 Å². The average molecular weight is 176 g/mol. The summed E-state index contributed by atoms with van der Waals surface area (Å²) in [5.41, 5.74) is 0. The van der Waals surface area contributed by atoms with E-state index in [9.17, 15) is 0 Å². The first-order chi connectivity index (χ1) is 4.93. The summed E-state index contributed by atoms with van der Waals surface area (Å²) < 4.78 is 11.0. The molecule has 11 heavy (non-hydrogen) atoms. The molecule has 0 fully saturated rings. The van der Waals surface area contributed by atoms with Crippen LogP contribution in [0.4, 0.5) is 0 Å². The van der Waals surface area contributed by atoms with E-state index in [2.05, 4.69) is 27.7 Å². The third-order valence-electron chi connectivity index (χ3n) is 2.27. The van der Waals surface area contributed by atoms with Crippen molar-refractivity contribution in [2.75, 3.05) is 14.2 Å². The van der Waals surface area contributed by atoms with Gasteiger partial charge in [-0.15, -0.1) is 0 Å². The first-order valence-electron chi connectivity index (χ1n) is 4.04. The molecule has 0 aromatic rings. The summed E-state index contributed by atoms with van der Waals surface area (Å²) in [6, 6.07) is 1.00. The zero-order valence-electron chi connectivity index (χ0n) is 8.52. The minimum absolute atomic E-state index is 0.158. The molecule has 0 aromatic heterocycles. The van der Waals surface area contributed by atoms with Crippen LogP contribution in [0.15, 0.2) is 0 Å². The highest BCUT2D eigenvalue weighted by atomic mass is 28.4. The summed E-state index contributed by atoms with van der Waals surface area (Å²) in [5, 5.41) is 0.158. The lowest BCUT2D eigenvalue weighted by Crippen LogP contribution is -2.48. The second kappa shape index (κ2) is 3.69. The fourth-order valence-electron chi connectivity index (χ4n) is 1.51. The van der Waals surface area contributed by atoms with Gasteiger partial charge in [0.1, 0.15) is 0 Å². The molecule has 0 spiro atoms. The van der Waals surface area contributed by atoms with E-state index in [0.717, 1.165) is 6.04 Å². The Bertz CT molecular complexity index is 105. The van der Waals surface area contributed by atoms with Crippen molar-refractivity contribution in [1.82, 2.24) is 0 Å². The first kappa shape index (κ1) is 11.1. The van der Waals surface area contributed by atoms with Crippen molar-refractivity contribution >= 4 is 8.56 Å². The zero-order chi connectivity index (χ0) is 9.12. The van der Waals surface area contributed by atoms with E-state index in [1.165, 1.54) is 0 Å². The van der Waals surface area contributed by atoms with Gasteiger partial charge in [0.2, 0.25) is 0 Å². The minimum Gasteiger partial charge on any atom is -0.397 e. The van der Waals surface area contributed by atoms with Gasteiger partial charge < -0.3 is 8.85 Å². The number of hydrogen-bond acceptors (Lipinski definition) is 2. The standard InChI is InChI=1S/C8H20O2Si/c1-7-11(9-5,10-6)8(2,3)4/h7H2,1-6H3. The summed E-state index contributed by atoms with van der Waals surface area (Å²) >= 11 is 0.